The Balaban J connectivity index is 2.15. The predicted octanol–water partition coefficient (Wildman–Crippen LogP) is 3.52. The topological polar surface area (TPSA) is 69.2 Å². The lowest BCUT2D eigenvalue weighted by atomic mass is 10.2. The van der Waals surface area contributed by atoms with Crippen LogP contribution in [0.5, 0.6) is 17.2 Å². The minimum absolute atomic E-state index is 0.344. The molecule has 2 rings (SSSR count). The van der Waals surface area contributed by atoms with Crippen LogP contribution in [0.2, 0.25) is 5.02 Å². The van der Waals surface area contributed by atoms with Gasteiger partial charge in [-0.1, -0.05) is 11.6 Å². The van der Waals surface area contributed by atoms with Crippen LogP contribution in [0, 0.1) is 0 Å². The minimum Gasteiger partial charge on any atom is -0.497 e. The van der Waals surface area contributed by atoms with Crippen LogP contribution in [-0.4, -0.2) is 32.9 Å². The van der Waals surface area contributed by atoms with E-state index in [1.165, 1.54) is 13.3 Å². The zero-order valence-electron chi connectivity index (χ0n) is 14.2. The number of amides is 1. The van der Waals surface area contributed by atoms with Crippen molar-refractivity contribution >= 4 is 23.7 Å². The summed E-state index contributed by atoms with van der Waals surface area (Å²) in [6, 6.07) is 10.1. The van der Waals surface area contributed by atoms with E-state index in [9.17, 15) is 4.79 Å². The average Bonchev–Trinajstić information content (AvgIpc) is 2.63. The summed E-state index contributed by atoms with van der Waals surface area (Å²) in [5.41, 5.74) is 3.47. The Bertz CT molecular complexity index is 778. The monoisotopic (exact) mass is 362 g/mol. The van der Waals surface area contributed by atoms with Crippen LogP contribution in [0.4, 0.5) is 0 Å². The highest BCUT2D eigenvalue weighted by Gasteiger charge is 2.12. The fourth-order valence-corrected chi connectivity index (χ4v) is 2.29. The lowest BCUT2D eigenvalue weighted by molar-refractivity contribution is 0.0952. The van der Waals surface area contributed by atoms with Crippen molar-refractivity contribution in [1.29, 1.82) is 0 Å². The number of halogens is 1. The summed E-state index contributed by atoms with van der Waals surface area (Å²) < 4.78 is 15.8. The maximum absolute atomic E-state index is 12.3. The molecule has 0 aliphatic carbocycles. The normalized spacial score (nSPS) is 10.6. The fraction of sp³-hybridized carbons (Fsp3) is 0.222. The standard InChI is InChI=1S/C18H19ClN2O4/c1-4-25-16-8-5-13(19)9-12(16)11-20-21-18(22)15-7-6-14(23-2)10-17(15)24-3/h5-11H,4H2,1-3H3,(H,21,22). The molecular formula is C18H19ClN2O4. The molecule has 0 atom stereocenters. The molecule has 7 heteroatoms. The van der Waals surface area contributed by atoms with Crippen LogP contribution in [0.3, 0.4) is 0 Å². The van der Waals surface area contributed by atoms with E-state index < -0.39 is 5.91 Å². The van der Waals surface area contributed by atoms with E-state index in [1.54, 1.807) is 43.5 Å². The number of hydrogen-bond acceptors (Lipinski definition) is 5. The highest BCUT2D eigenvalue weighted by Crippen LogP contribution is 2.24. The SMILES string of the molecule is CCOc1ccc(Cl)cc1C=NNC(=O)c1ccc(OC)cc1OC. The highest BCUT2D eigenvalue weighted by molar-refractivity contribution is 6.30. The number of hydrogen-bond donors (Lipinski definition) is 1. The summed E-state index contributed by atoms with van der Waals surface area (Å²) in [7, 11) is 3.02. The number of ether oxygens (including phenoxy) is 3. The highest BCUT2D eigenvalue weighted by atomic mass is 35.5. The lowest BCUT2D eigenvalue weighted by Crippen LogP contribution is -2.18. The Labute approximate surface area is 151 Å². The van der Waals surface area contributed by atoms with Crippen molar-refractivity contribution in [2.24, 2.45) is 5.10 Å². The molecule has 2 aromatic rings. The van der Waals surface area contributed by atoms with E-state index in [4.69, 9.17) is 25.8 Å². The molecule has 25 heavy (non-hydrogen) atoms. The molecule has 1 amide bonds. The minimum atomic E-state index is -0.407. The zero-order valence-corrected chi connectivity index (χ0v) is 15.0. The first kappa shape index (κ1) is 18.6. The van der Waals surface area contributed by atoms with Gasteiger partial charge >= 0.3 is 0 Å². The van der Waals surface area contributed by atoms with Gasteiger partial charge in [0.05, 0.1) is 32.6 Å². The van der Waals surface area contributed by atoms with Crippen LogP contribution in [0.1, 0.15) is 22.8 Å². The summed E-state index contributed by atoms with van der Waals surface area (Å²) in [6.45, 7) is 2.39. The van der Waals surface area contributed by atoms with Gasteiger partial charge < -0.3 is 14.2 Å². The molecule has 2 aromatic carbocycles. The second-order valence-electron chi connectivity index (χ2n) is 4.88. The number of methoxy groups -OCH3 is 2. The number of nitrogens with zero attached hydrogens (tertiary/aromatic N) is 1. The first-order chi connectivity index (χ1) is 12.1. The number of carbonyl (C=O) groups excluding carboxylic acids is 1. The van der Waals surface area contributed by atoms with Crippen LogP contribution >= 0.6 is 11.6 Å². The lowest BCUT2D eigenvalue weighted by Gasteiger charge is -2.09. The Kier molecular flexibility index (Phi) is 6.65. The molecule has 0 aromatic heterocycles. The molecule has 0 unspecified atom stereocenters. The Morgan fingerprint density at radius 2 is 1.96 bits per heavy atom. The molecule has 1 N–H and O–H groups in total. The maximum atomic E-state index is 12.3. The van der Waals surface area contributed by atoms with Crippen molar-refractivity contribution in [2.45, 2.75) is 6.92 Å². The number of benzene rings is 2. The van der Waals surface area contributed by atoms with Crippen LogP contribution in [-0.2, 0) is 0 Å². The molecule has 132 valence electrons. The summed E-state index contributed by atoms with van der Waals surface area (Å²) in [4.78, 5) is 12.3. The number of nitrogens with one attached hydrogen (secondary N) is 1. The molecule has 6 nitrogen and oxygen atoms in total. The number of rotatable bonds is 7. The van der Waals surface area contributed by atoms with Gasteiger partial charge in [-0.05, 0) is 37.3 Å². The van der Waals surface area contributed by atoms with E-state index in [1.807, 2.05) is 6.92 Å². The molecular weight excluding hydrogens is 344 g/mol. The van der Waals surface area contributed by atoms with E-state index in [2.05, 4.69) is 10.5 Å². The third-order valence-electron chi connectivity index (χ3n) is 3.29. The third kappa shape index (κ3) is 4.87. The van der Waals surface area contributed by atoms with Gasteiger partial charge in [-0.2, -0.15) is 5.10 Å². The second kappa shape index (κ2) is 8.94. The van der Waals surface area contributed by atoms with E-state index >= 15 is 0 Å². The van der Waals surface area contributed by atoms with Gasteiger partial charge in [0.15, 0.2) is 0 Å². The van der Waals surface area contributed by atoms with Crippen molar-refractivity contribution in [1.82, 2.24) is 5.43 Å². The summed E-state index contributed by atoms with van der Waals surface area (Å²) in [6.07, 6.45) is 1.48. The first-order valence-electron chi connectivity index (χ1n) is 7.56. The summed E-state index contributed by atoms with van der Waals surface area (Å²) in [5, 5.41) is 4.52. The van der Waals surface area contributed by atoms with Gasteiger partial charge in [0, 0.05) is 16.7 Å². The largest absolute Gasteiger partial charge is 0.497 e. The quantitative estimate of drug-likeness (QED) is 0.604. The molecule has 0 saturated heterocycles. The van der Waals surface area contributed by atoms with Gasteiger partial charge in [-0.15, -0.1) is 0 Å². The average molecular weight is 363 g/mol. The molecule has 0 fully saturated rings. The van der Waals surface area contributed by atoms with Gasteiger partial charge in [-0.3, -0.25) is 4.79 Å². The van der Waals surface area contributed by atoms with Crippen molar-refractivity contribution in [3.8, 4) is 17.2 Å². The summed E-state index contributed by atoms with van der Waals surface area (Å²) >= 11 is 5.99. The number of carbonyl (C=O) groups is 1. The van der Waals surface area contributed by atoms with Crippen LogP contribution < -0.4 is 19.6 Å². The predicted molar refractivity (Wildman–Crippen MR) is 97.2 cm³/mol. The van der Waals surface area contributed by atoms with Crippen molar-refractivity contribution in [3.63, 3.8) is 0 Å². The van der Waals surface area contributed by atoms with Gasteiger partial charge in [0.25, 0.3) is 5.91 Å². The van der Waals surface area contributed by atoms with E-state index in [-0.39, 0.29) is 0 Å². The van der Waals surface area contributed by atoms with Crippen LogP contribution in [0.25, 0.3) is 0 Å². The van der Waals surface area contributed by atoms with E-state index in [0.717, 1.165) is 0 Å². The number of hydrazone groups is 1. The third-order valence-corrected chi connectivity index (χ3v) is 3.53. The zero-order chi connectivity index (χ0) is 18.2. The molecule has 0 aliphatic rings. The van der Waals surface area contributed by atoms with Gasteiger partial charge in [-0.25, -0.2) is 5.43 Å². The molecule has 0 bridgehead atoms. The fourth-order valence-electron chi connectivity index (χ4n) is 2.11. The molecule has 0 spiro atoms. The second-order valence-corrected chi connectivity index (χ2v) is 5.32. The maximum Gasteiger partial charge on any atom is 0.275 e. The van der Waals surface area contributed by atoms with Gasteiger partial charge in [0.1, 0.15) is 17.2 Å². The molecule has 0 saturated carbocycles. The molecule has 0 radical (unpaired) electrons. The van der Waals surface area contributed by atoms with Crippen molar-refractivity contribution < 1.29 is 19.0 Å². The Morgan fingerprint density at radius 3 is 2.64 bits per heavy atom. The smallest absolute Gasteiger partial charge is 0.275 e. The van der Waals surface area contributed by atoms with Gasteiger partial charge in [0.2, 0.25) is 0 Å². The van der Waals surface area contributed by atoms with E-state index in [0.29, 0.717) is 40.0 Å². The summed E-state index contributed by atoms with van der Waals surface area (Å²) in [5.74, 6) is 1.21. The van der Waals surface area contributed by atoms with Crippen LogP contribution in [0.15, 0.2) is 41.5 Å². The molecule has 0 heterocycles. The Morgan fingerprint density at radius 1 is 1.16 bits per heavy atom. The molecule has 0 aliphatic heterocycles. The van der Waals surface area contributed by atoms with Crippen molar-refractivity contribution in [3.05, 3.63) is 52.5 Å². The Hall–Kier alpha value is -2.73. The first-order valence-corrected chi connectivity index (χ1v) is 7.94. The van der Waals surface area contributed by atoms with Crippen molar-refractivity contribution in [2.75, 3.05) is 20.8 Å².